The zero-order chi connectivity index (χ0) is 19.8. The second-order valence-corrected chi connectivity index (χ2v) is 6.36. The van der Waals surface area contributed by atoms with E-state index >= 15 is 0 Å². The first kappa shape index (κ1) is 20.0. The lowest BCUT2D eigenvalue weighted by atomic mass is 9.80. The molecule has 1 saturated heterocycles. The van der Waals surface area contributed by atoms with Crippen molar-refractivity contribution >= 4 is 29.4 Å². The van der Waals surface area contributed by atoms with Crippen LogP contribution in [-0.4, -0.2) is 80.0 Å². The highest BCUT2D eigenvalue weighted by Crippen LogP contribution is 2.42. The van der Waals surface area contributed by atoms with Crippen LogP contribution in [0.1, 0.15) is 20.1 Å². The first-order valence-corrected chi connectivity index (χ1v) is 8.47. The zero-order valence-electron chi connectivity index (χ0n) is 15.2. The van der Waals surface area contributed by atoms with Gasteiger partial charge in [0.15, 0.2) is 12.0 Å². The molecule has 3 heterocycles. The smallest absolute Gasteiger partial charge is 0.423 e. The van der Waals surface area contributed by atoms with Gasteiger partial charge < -0.3 is 34.3 Å². The molecule has 0 spiro atoms. The molecule has 3 rings (SSSR count). The fourth-order valence-corrected chi connectivity index (χ4v) is 3.30. The molecule has 1 aliphatic heterocycles. The minimum atomic E-state index is -1.81. The lowest BCUT2D eigenvalue weighted by molar-refractivity contribution is -0.118. The Morgan fingerprint density at radius 1 is 1.41 bits per heavy atom. The van der Waals surface area contributed by atoms with Crippen LogP contribution in [0, 0.1) is 0 Å². The van der Waals surface area contributed by atoms with E-state index in [-0.39, 0.29) is 11.3 Å². The summed E-state index contributed by atoms with van der Waals surface area (Å²) in [5.74, 6) is 0.250. The highest BCUT2D eigenvalue weighted by Gasteiger charge is 2.55. The van der Waals surface area contributed by atoms with E-state index in [4.69, 9.17) is 14.3 Å². The van der Waals surface area contributed by atoms with Crippen LogP contribution in [-0.2, 0) is 14.3 Å². The molecule has 11 nitrogen and oxygen atoms in total. The number of anilines is 1. The van der Waals surface area contributed by atoms with E-state index in [2.05, 4.69) is 15.4 Å². The van der Waals surface area contributed by atoms with Crippen molar-refractivity contribution in [3.05, 3.63) is 12.5 Å². The van der Waals surface area contributed by atoms with Crippen molar-refractivity contribution in [2.75, 3.05) is 25.8 Å². The molecule has 1 aliphatic rings. The average molecular weight is 382 g/mol. The van der Waals surface area contributed by atoms with Crippen molar-refractivity contribution in [1.82, 2.24) is 14.5 Å². The third-order valence-corrected chi connectivity index (χ3v) is 4.84. The molecule has 0 radical (unpaired) electrons. The van der Waals surface area contributed by atoms with E-state index in [0.717, 1.165) is 0 Å². The van der Waals surface area contributed by atoms with Crippen LogP contribution in [0.5, 0.6) is 0 Å². The fraction of sp³-hybridized carbons (Fsp3) is 0.600. The van der Waals surface area contributed by atoms with Gasteiger partial charge in [-0.05, 0) is 13.8 Å². The van der Waals surface area contributed by atoms with Crippen molar-refractivity contribution < 1.29 is 34.6 Å². The number of methoxy groups -OCH3 is 1. The SMILES string of the molecule is CCONc1ncnc2c1c(B(O)O)cn2[C@@H]1OC(CO)C(O)[C@@]1(C)OC. The van der Waals surface area contributed by atoms with Crippen LogP contribution >= 0.6 is 0 Å². The van der Waals surface area contributed by atoms with Gasteiger partial charge in [0.05, 0.1) is 18.6 Å². The molecular formula is C15H23BN4O7. The molecule has 5 N–H and O–H groups in total. The van der Waals surface area contributed by atoms with E-state index in [1.807, 2.05) is 0 Å². The highest BCUT2D eigenvalue weighted by atomic mass is 16.6. The van der Waals surface area contributed by atoms with Gasteiger partial charge in [-0.15, -0.1) is 0 Å². The predicted molar refractivity (Wildman–Crippen MR) is 95.0 cm³/mol. The molecule has 0 aliphatic carbocycles. The van der Waals surface area contributed by atoms with Gasteiger partial charge in [0.2, 0.25) is 0 Å². The summed E-state index contributed by atoms with van der Waals surface area (Å²) in [6, 6.07) is 0. The molecular weight excluding hydrogens is 359 g/mol. The van der Waals surface area contributed by atoms with Gasteiger partial charge in [0.1, 0.15) is 29.8 Å². The Morgan fingerprint density at radius 3 is 2.74 bits per heavy atom. The summed E-state index contributed by atoms with van der Waals surface area (Å²) in [5.41, 5.74) is 1.88. The summed E-state index contributed by atoms with van der Waals surface area (Å²) >= 11 is 0. The maximum Gasteiger partial charge on any atom is 0.490 e. The van der Waals surface area contributed by atoms with Crippen LogP contribution in [0.25, 0.3) is 11.0 Å². The van der Waals surface area contributed by atoms with E-state index in [0.29, 0.717) is 17.6 Å². The quantitative estimate of drug-likeness (QED) is 0.272. The first-order chi connectivity index (χ1) is 12.9. The molecule has 2 aromatic rings. The van der Waals surface area contributed by atoms with E-state index in [1.165, 1.54) is 24.2 Å². The third-order valence-electron chi connectivity index (χ3n) is 4.84. The molecule has 0 amide bonds. The predicted octanol–water partition coefficient (Wildman–Crippen LogP) is -1.87. The number of aromatic nitrogens is 3. The van der Waals surface area contributed by atoms with Gasteiger partial charge >= 0.3 is 7.12 Å². The van der Waals surface area contributed by atoms with Crippen LogP contribution in [0.15, 0.2) is 12.5 Å². The number of ether oxygens (including phenoxy) is 2. The molecule has 12 heteroatoms. The van der Waals surface area contributed by atoms with Crippen LogP contribution < -0.4 is 10.9 Å². The second kappa shape index (κ2) is 7.68. The number of aliphatic hydroxyl groups is 2. The Kier molecular flexibility index (Phi) is 5.67. The number of hydrogen-bond donors (Lipinski definition) is 5. The minimum Gasteiger partial charge on any atom is -0.423 e. The maximum absolute atomic E-state index is 10.5. The van der Waals surface area contributed by atoms with Crippen molar-refractivity contribution in [3.63, 3.8) is 0 Å². The minimum absolute atomic E-state index is 0.122. The number of nitrogens with zero attached hydrogens (tertiary/aromatic N) is 3. The summed E-state index contributed by atoms with van der Waals surface area (Å²) in [6.07, 6.45) is -0.148. The standard InChI is InChI=1S/C15H23BN4O7/c1-4-26-19-12-10-8(16(23)24)5-20(13(10)18-7-17-12)14-15(2,25-3)11(22)9(6-21)27-14/h5,7,9,11,14,21-24H,4,6H2,1-3H3,(H,17,18,19)/t9?,11?,14-,15-/m1/s1. The summed E-state index contributed by atoms with van der Waals surface area (Å²) < 4.78 is 12.8. The summed E-state index contributed by atoms with van der Waals surface area (Å²) in [6.45, 7) is 3.38. The zero-order valence-corrected chi connectivity index (χ0v) is 15.2. The Balaban J connectivity index is 2.17. The van der Waals surface area contributed by atoms with Gasteiger partial charge in [-0.25, -0.2) is 15.4 Å². The monoisotopic (exact) mass is 382 g/mol. The van der Waals surface area contributed by atoms with E-state index in [9.17, 15) is 20.3 Å². The van der Waals surface area contributed by atoms with Crippen molar-refractivity contribution in [2.45, 2.75) is 37.9 Å². The van der Waals surface area contributed by atoms with Crippen LogP contribution in [0.4, 0.5) is 5.82 Å². The normalized spacial score (nSPS) is 28.0. The number of hydrogen-bond acceptors (Lipinski definition) is 10. The van der Waals surface area contributed by atoms with Gasteiger partial charge in [-0.3, -0.25) is 4.84 Å². The van der Waals surface area contributed by atoms with Crippen molar-refractivity contribution in [1.29, 1.82) is 0 Å². The average Bonchev–Trinajstić information content (AvgIpc) is 3.17. The fourth-order valence-electron chi connectivity index (χ4n) is 3.30. The number of aliphatic hydroxyl groups excluding tert-OH is 2. The molecule has 4 atom stereocenters. The van der Waals surface area contributed by atoms with Crippen molar-refractivity contribution in [3.8, 4) is 0 Å². The first-order valence-electron chi connectivity index (χ1n) is 8.47. The van der Waals surface area contributed by atoms with E-state index < -0.39 is 37.8 Å². The number of fused-ring (bicyclic) bond motifs is 1. The second-order valence-electron chi connectivity index (χ2n) is 6.36. The van der Waals surface area contributed by atoms with Crippen molar-refractivity contribution in [2.24, 2.45) is 0 Å². The van der Waals surface area contributed by atoms with Gasteiger partial charge in [0.25, 0.3) is 0 Å². The lowest BCUT2D eigenvalue weighted by Crippen LogP contribution is -2.46. The highest BCUT2D eigenvalue weighted by molar-refractivity contribution is 6.62. The summed E-state index contributed by atoms with van der Waals surface area (Å²) in [5, 5.41) is 40.0. The van der Waals surface area contributed by atoms with Gasteiger partial charge in [-0.1, -0.05) is 0 Å². The van der Waals surface area contributed by atoms with Gasteiger partial charge in [-0.2, -0.15) is 0 Å². The Labute approximate surface area is 155 Å². The molecule has 27 heavy (non-hydrogen) atoms. The molecule has 0 bridgehead atoms. The number of rotatable bonds is 7. The maximum atomic E-state index is 10.5. The molecule has 0 saturated carbocycles. The Morgan fingerprint density at radius 2 is 2.15 bits per heavy atom. The molecule has 2 aromatic heterocycles. The number of nitrogens with one attached hydrogen (secondary N) is 1. The molecule has 1 fully saturated rings. The molecule has 0 aromatic carbocycles. The third kappa shape index (κ3) is 3.19. The summed E-state index contributed by atoms with van der Waals surface area (Å²) in [4.78, 5) is 13.5. The van der Waals surface area contributed by atoms with Crippen LogP contribution in [0.3, 0.4) is 0 Å². The topological polar surface area (TPSA) is 151 Å². The van der Waals surface area contributed by atoms with Gasteiger partial charge in [0, 0.05) is 18.8 Å². The molecule has 2 unspecified atom stereocenters. The Hall–Kier alpha value is -1.80. The molecule has 148 valence electrons. The summed E-state index contributed by atoms with van der Waals surface area (Å²) in [7, 11) is -0.389. The largest absolute Gasteiger partial charge is 0.490 e. The van der Waals surface area contributed by atoms with Crippen LogP contribution in [0.2, 0.25) is 0 Å². The van der Waals surface area contributed by atoms with E-state index in [1.54, 1.807) is 13.8 Å². The Bertz CT molecular complexity index is 804. The lowest BCUT2D eigenvalue weighted by Gasteiger charge is -2.31.